The minimum absolute atomic E-state index is 0.250. The summed E-state index contributed by atoms with van der Waals surface area (Å²) in [5, 5.41) is 8.12. The third-order valence-corrected chi connectivity index (χ3v) is 5.80. The summed E-state index contributed by atoms with van der Waals surface area (Å²) in [5.41, 5.74) is 2.50. The largest absolute Gasteiger partial charge is 0.483 e. The molecular formula is C18H26N2O3S. The molecule has 1 aliphatic heterocycles. The number of nitrogens with zero attached hydrogens (tertiary/aromatic N) is 2. The van der Waals surface area contributed by atoms with E-state index in [1.807, 2.05) is 6.07 Å². The maximum absolute atomic E-state index is 12.7. The van der Waals surface area contributed by atoms with Crippen molar-refractivity contribution in [2.75, 3.05) is 13.1 Å². The Labute approximate surface area is 145 Å². The lowest BCUT2D eigenvalue weighted by Gasteiger charge is -2.25. The topological polar surface area (TPSA) is 62.5 Å². The van der Waals surface area contributed by atoms with Gasteiger partial charge in [-0.3, -0.25) is 4.79 Å². The maximum Gasteiger partial charge on any atom is 0.290 e. The van der Waals surface area contributed by atoms with E-state index >= 15 is 0 Å². The van der Waals surface area contributed by atoms with Crippen molar-refractivity contribution in [1.82, 2.24) is 8.87 Å². The number of rotatable bonds is 3. The predicted octanol–water partition coefficient (Wildman–Crippen LogP) is 3.74. The van der Waals surface area contributed by atoms with E-state index in [1.54, 1.807) is 0 Å². The molecule has 5 nitrogen and oxygen atoms in total. The van der Waals surface area contributed by atoms with Gasteiger partial charge in [-0.1, -0.05) is 6.42 Å². The highest BCUT2D eigenvalue weighted by atomic mass is 32.2. The third kappa shape index (κ3) is 4.05. The molecule has 2 aromatic rings. The number of carboxylic acid groups (broad SMARTS) is 1. The Bertz CT molecular complexity index is 718. The van der Waals surface area contributed by atoms with Gasteiger partial charge in [0.2, 0.25) is 0 Å². The van der Waals surface area contributed by atoms with Crippen molar-refractivity contribution in [2.45, 2.75) is 51.0 Å². The highest BCUT2D eigenvalue weighted by Gasteiger charge is 2.19. The second-order valence-electron chi connectivity index (χ2n) is 6.34. The fourth-order valence-corrected chi connectivity index (χ4v) is 4.41. The molecule has 2 heterocycles. The van der Waals surface area contributed by atoms with Crippen LogP contribution in [0, 0.1) is 6.92 Å². The van der Waals surface area contributed by atoms with Crippen LogP contribution < -0.4 is 0 Å². The van der Waals surface area contributed by atoms with Crippen molar-refractivity contribution < 1.29 is 14.1 Å². The van der Waals surface area contributed by atoms with E-state index in [4.69, 9.17) is 9.90 Å². The highest BCUT2D eigenvalue weighted by Crippen LogP contribution is 2.27. The van der Waals surface area contributed by atoms with Gasteiger partial charge >= 0.3 is 0 Å². The summed E-state index contributed by atoms with van der Waals surface area (Å²) in [6, 6.07) is 6.72. The van der Waals surface area contributed by atoms with Gasteiger partial charge in [-0.15, -0.1) is 0 Å². The lowest BCUT2D eigenvalue weighted by Crippen LogP contribution is -2.31. The van der Waals surface area contributed by atoms with Crippen LogP contribution in [-0.4, -0.2) is 37.7 Å². The summed E-state index contributed by atoms with van der Waals surface area (Å²) in [6.07, 6.45) is 5.79. The maximum atomic E-state index is 12.7. The van der Waals surface area contributed by atoms with E-state index in [2.05, 4.69) is 48.0 Å². The molecule has 1 unspecified atom stereocenters. The van der Waals surface area contributed by atoms with Gasteiger partial charge in [-0.05, 0) is 57.4 Å². The number of aromatic nitrogens is 1. The molecule has 0 amide bonds. The van der Waals surface area contributed by atoms with Crippen molar-refractivity contribution >= 4 is 28.4 Å². The zero-order valence-electron chi connectivity index (χ0n) is 14.6. The first-order chi connectivity index (χ1) is 11.5. The average Bonchev–Trinajstić information content (AvgIpc) is 2.92. The van der Waals surface area contributed by atoms with E-state index in [0.29, 0.717) is 6.04 Å². The number of carbonyl (C=O) groups is 1. The molecule has 1 atom stereocenters. The summed E-state index contributed by atoms with van der Waals surface area (Å²) >= 11 is 0. The molecule has 24 heavy (non-hydrogen) atoms. The Morgan fingerprint density at radius 1 is 1.21 bits per heavy atom. The quantitative estimate of drug-likeness (QED) is 0.858. The van der Waals surface area contributed by atoms with Crippen molar-refractivity contribution in [3.63, 3.8) is 0 Å². The van der Waals surface area contributed by atoms with Crippen molar-refractivity contribution in [1.29, 1.82) is 0 Å². The number of piperidine rings is 1. The molecule has 0 bridgehead atoms. The minimum atomic E-state index is -1.01. The Hall–Kier alpha value is -1.66. The minimum Gasteiger partial charge on any atom is -0.483 e. The van der Waals surface area contributed by atoms with Gasteiger partial charge in [-0.25, -0.2) is 8.51 Å². The fourth-order valence-electron chi connectivity index (χ4n) is 3.12. The second kappa shape index (κ2) is 8.44. The van der Waals surface area contributed by atoms with Crippen LogP contribution in [0.4, 0.5) is 0 Å². The molecule has 1 aliphatic rings. The first kappa shape index (κ1) is 18.7. The third-order valence-electron chi connectivity index (χ3n) is 4.31. The van der Waals surface area contributed by atoms with Gasteiger partial charge in [0, 0.05) is 36.2 Å². The van der Waals surface area contributed by atoms with Crippen molar-refractivity contribution in [2.24, 2.45) is 0 Å². The number of fused-ring (bicyclic) bond motifs is 1. The lowest BCUT2D eigenvalue weighted by molar-refractivity contribution is -0.122. The van der Waals surface area contributed by atoms with Gasteiger partial charge < -0.3 is 9.67 Å². The number of aryl methyl sites for hydroxylation is 1. The van der Waals surface area contributed by atoms with E-state index in [9.17, 15) is 4.21 Å². The van der Waals surface area contributed by atoms with E-state index in [-0.39, 0.29) is 6.47 Å². The predicted molar refractivity (Wildman–Crippen MR) is 97.6 cm³/mol. The molecule has 1 saturated heterocycles. The molecule has 0 aliphatic carbocycles. The molecule has 1 aromatic carbocycles. The van der Waals surface area contributed by atoms with Gasteiger partial charge in [0.25, 0.3) is 6.47 Å². The average molecular weight is 350 g/mol. The molecule has 0 saturated carbocycles. The van der Waals surface area contributed by atoms with Crippen LogP contribution in [0.1, 0.15) is 44.7 Å². The Morgan fingerprint density at radius 3 is 2.42 bits per heavy atom. The number of hydrogen-bond acceptors (Lipinski definition) is 2. The van der Waals surface area contributed by atoms with Crippen LogP contribution in [0.3, 0.4) is 0 Å². The van der Waals surface area contributed by atoms with Crippen LogP contribution in [0.2, 0.25) is 0 Å². The molecule has 3 rings (SSSR count). The second-order valence-corrected chi connectivity index (χ2v) is 7.82. The number of benzene rings is 1. The summed E-state index contributed by atoms with van der Waals surface area (Å²) in [7, 11) is -1.01. The Morgan fingerprint density at radius 2 is 1.83 bits per heavy atom. The lowest BCUT2D eigenvalue weighted by atomic mass is 10.2. The van der Waals surface area contributed by atoms with Crippen LogP contribution in [0.5, 0.6) is 0 Å². The zero-order chi connectivity index (χ0) is 17.7. The van der Waals surface area contributed by atoms with Crippen molar-refractivity contribution in [3.05, 3.63) is 30.0 Å². The van der Waals surface area contributed by atoms with Gasteiger partial charge in [0.1, 0.15) is 11.0 Å². The van der Waals surface area contributed by atoms with Gasteiger partial charge in [-0.2, -0.15) is 0 Å². The number of hydrogen-bond donors (Lipinski definition) is 1. The van der Waals surface area contributed by atoms with Crippen LogP contribution in [-0.2, 0) is 15.8 Å². The summed E-state index contributed by atoms with van der Waals surface area (Å²) in [6.45, 7) is 8.18. The first-order valence-electron chi connectivity index (χ1n) is 8.35. The van der Waals surface area contributed by atoms with Crippen LogP contribution in [0.15, 0.2) is 29.3 Å². The van der Waals surface area contributed by atoms with Crippen molar-refractivity contribution in [3.8, 4) is 0 Å². The fraction of sp³-hybridized carbons (Fsp3) is 0.500. The summed E-state index contributed by atoms with van der Waals surface area (Å²) < 4.78 is 17.1. The molecule has 6 heteroatoms. The molecule has 132 valence electrons. The normalized spacial score (nSPS) is 16.7. The molecule has 1 N–H and O–H groups in total. The van der Waals surface area contributed by atoms with E-state index in [1.165, 1.54) is 22.9 Å². The Balaban J connectivity index is 0.000000647. The van der Waals surface area contributed by atoms with Crippen LogP contribution in [0.25, 0.3) is 10.9 Å². The molecule has 0 spiro atoms. The molecular weight excluding hydrogens is 324 g/mol. The summed E-state index contributed by atoms with van der Waals surface area (Å²) in [5.74, 6) is 0. The summed E-state index contributed by atoms with van der Waals surface area (Å²) in [4.78, 5) is 9.30. The zero-order valence-corrected chi connectivity index (χ0v) is 15.4. The monoisotopic (exact) mass is 350 g/mol. The van der Waals surface area contributed by atoms with Gasteiger partial charge in [0.15, 0.2) is 0 Å². The molecule has 0 radical (unpaired) electrons. The SMILES string of the molecule is Cc1cn(C(C)C)c2ccc(S(=O)N3CCCCC3)cc12.O=CO. The molecule has 1 aromatic heterocycles. The first-order valence-corrected chi connectivity index (χ1v) is 9.46. The smallest absolute Gasteiger partial charge is 0.290 e. The standard InChI is InChI=1S/C17H24N2OS.CH2O2/c1-13(2)19-12-14(3)16-11-15(7-8-17(16)19)21(20)18-9-5-4-6-10-18;2-1-3/h7-8,11-13H,4-6,9-10H2,1-3H3;1H,(H,2,3). The van der Waals surface area contributed by atoms with Gasteiger partial charge in [0.05, 0.1) is 4.90 Å². The Kier molecular flexibility index (Phi) is 6.57. The molecule has 1 fully saturated rings. The van der Waals surface area contributed by atoms with Crippen LogP contribution >= 0.6 is 0 Å². The van der Waals surface area contributed by atoms with E-state index in [0.717, 1.165) is 30.8 Å². The van der Waals surface area contributed by atoms with E-state index < -0.39 is 11.0 Å². The highest BCUT2D eigenvalue weighted by molar-refractivity contribution is 7.82.